The second-order valence-electron chi connectivity index (χ2n) is 5.65. The normalized spacial score (nSPS) is 23.7. The maximum atomic E-state index is 13.7. The lowest BCUT2D eigenvalue weighted by Gasteiger charge is -2.39. The molecule has 1 saturated heterocycles. The number of nitrogens with one attached hydrogen (secondary N) is 1. The van der Waals surface area contributed by atoms with Crippen molar-refractivity contribution >= 4 is 5.69 Å². The van der Waals surface area contributed by atoms with Crippen LogP contribution in [0.15, 0.2) is 18.2 Å². The highest BCUT2D eigenvalue weighted by Gasteiger charge is 2.25. The number of nitrogens with zero attached hydrogens (tertiary/aromatic N) is 1. The Morgan fingerprint density at radius 3 is 2.84 bits per heavy atom. The summed E-state index contributed by atoms with van der Waals surface area (Å²) in [5.74, 6) is -0.101. The second kappa shape index (κ2) is 6.38. The Balaban J connectivity index is 2.01. The van der Waals surface area contributed by atoms with Crippen LogP contribution in [0.5, 0.6) is 0 Å². The van der Waals surface area contributed by atoms with E-state index in [4.69, 9.17) is 0 Å². The van der Waals surface area contributed by atoms with Gasteiger partial charge in [0.25, 0.3) is 0 Å². The lowest BCUT2D eigenvalue weighted by molar-refractivity contribution is 0.368. The van der Waals surface area contributed by atoms with Crippen molar-refractivity contribution in [3.05, 3.63) is 29.6 Å². The van der Waals surface area contributed by atoms with E-state index in [1.807, 2.05) is 19.1 Å². The Kier molecular flexibility index (Phi) is 4.81. The molecule has 0 saturated carbocycles. The highest BCUT2D eigenvalue weighted by molar-refractivity contribution is 5.49. The first-order chi connectivity index (χ1) is 9.11. The van der Waals surface area contributed by atoms with E-state index in [2.05, 4.69) is 24.1 Å². The van der Waals surface area contributed by atoms with Crippen LogP contribution in [-0.4, -0.2) is 25.2 Å². The first-order valence-corrected chi connectivity index (χ1v) is 7.38. The maximum absolute atomic E-state index is 13.7. The Bertz CT molecular complexity index is 419. The minimum Gasteiger partial charge on any atom is -0.369 e. The molecule has 1 aromatic carbocycles. The zero-order valence-electron chi connectivity index (χ0n) is 12.2. The molecule has 0 radical (unpaired) electrons. The van der Waals surface area contributed by atoms with Crippen molar-refractivity contribution in [1.82, 2.24) is 5.32 Å². The summed E-state index contributed by atoms with van der Waals surface area (Å²) in [7, 11) is 0. The van der Waals surface area contributed by atoms with Gasteiger partial charge in [-0.1, -0.05) is 13.0 Å². The van der Waals surface area contributed by atoms with E-state index in [1.165, 1.54) is 6.42 Å². The summed E-state index contributed by atoms with van der Waals surface area (Å²) < 4.78 is 13.7. The average molecular weight is 264 g/mol. The molecule has 1 N–H and O–H groups in total. The molecule has 1 fully saturated rings. The summed E-state index contributed by atoms with van der Waals surface area (Å²) in [6.07, 6.45) is 3.45. The van der Waals surface area contributed by atoms with Gasteiger partial charge in [-0.3, -0.25) is 0 Å². The summed E-state index contributed by atoms with van der Waals surface area (Å²) in [6.45, 7) is 8.34. The van der Waals surface area contributed by atoms with Crippen molar-refractivity contribution in [1.29, 1.82) is 0 Å². The number of halogens is 1. The molecule has 2 atom stereocenters. The third-order valence-electron chi connectivity index (χ3n) is 4.05. The smallest absolute Gasteiger partial charge is 0.128 e. The SMILES string of the molecule is CCCNC1CCN(c2ccc(C)c(F)c2)C(C)C1. The van der Waals surface area contributed by atoms with Crippen LogP contribution >= 0.6 is 0 Å². The number of aryl methyl sites for hydroxylation is 1. The van der Waals surface area contributed by atoms with Crippen LogP contribution in [0, 0.1) is 12.7 Å². The molecule has 2 rings (SSSR count). The summed E-state index contributed by atoms with van der Waals surface area (Å²) in [6, 6.07) is 6.66. The largest absolute Gasteiger partial charge is 0.369 e. The number of hydrogen-bond donors (Lipinski definition) is 1. The third-order valence-corrected chi connectivity index (χ3v) is 4.05. The zero-order chi connectivity index (χ0) is 13.8. The fourth-order valence-electron chi connectivity index (χ4n) is 2.85. The molecule has 0 aromatic heterocycles. The van der Waals surface area contributed by atoms with Crippen LogP contribution in [0.25, 0.3) is 0 Å². The van der Waals surface area contributed by atoms with E-state index in [1.54, 1.807) is 6.07 Å². The number of benzene rings is 1. The van der Waals surface area contributed by atoms with Crippen molar-refractivity contribution in [2.75, 3.05) is 18.0 Å². The fraction of sp³-hybridized carbons (Fsp3) is 0.625. The van der Waals surface area contributed by atoms with Gasteiger partial charge < -0.3 is 10.2 Å². The minimum absolute atomic E-state index is 0.101. The van der Waals surface area contributed by atoms with Gasteiger partial charge in [-0.2, -0.15) is 0 Å². The van der Waals surface area contributed by atoms with Crippen LogP contribution in [0.4, 0.5) is 10.1 Å². The Morgan fingerprint density at radius 2 is 2.21 bits per heavy atom. The van der Waals surface area contributed by atoms with Gasteiger partial charge in [0, 0.05) is 24.3 Å². The molecule has 2 unspecified atom stereocenters. The molecule has 1 aliphatic rings. The monoisotopic (exact) mass is 264 g/mol. The van der Waals surface area contributed by atoms with Crippen molar-refractivity contribution < 1.29 is 4.39 Å². The van der Waals surface area contributed by atoms with E-state index in [0.717, 1.165) is 37.2 Å². The van der Waals surface area contributed by atoms with Gasteiger partial charge in [0.05, 0.1) is 0 Å². The maximum Gasteiger partial charge on any atom is 0.128 e. The molecular formula is C16H25FN2. The first kappa shape index (κ1) is 14.3. The molecule has 2 nitrogen and oxygen atoms in total. The molecule has 0 bridgehead atoms. The molecule has 106 valence electrons. The molecule has 0 aliphatic carbocycles. The summed E-state index contributed by atoms with van der Waals surface area (Å²) in [4.78, 5) is 2.33. The highest BCUT2D eigenvalue weighted by Crippen LogP contribution is 2.26. The number of piperidine rings is 1. The predicted molar refractivity (Wildman–Crippen MR) is 79.3 cm³/mol. The number of hydrogen-bond acceptors (Lipinski definition) is 2. The average Bonchev–Trinajstić information content (AvgIpc) is 2.40. The number of anilines is 1. The van der Waals surface area contributed by atoms with Gasteiger partial charge in [-0.05, 0) is 57.4 Å². The van der Waals surface area contributed by atoms with Gasteiger partial charge >= 0.3 is 0 Å². The van der Waals surface area contributed by atoms with Gasteiger partial charge in [0.1, 0.15) is 5.82 Å². The van der Waals surface area contributed by atoms with Crippen LogP contribution < -0.4 is 10.2 Å². The zero-order valence-corrected chi connectivity index (χ0v) is 12.2. The standard InChI is InChI=1S/C16H25FN2/c1-4-8-18-14-7-9-19(13(3)10-14)15-6-5-12(2)16(17)11-15/h5-6,11,13-14,18H,4,7-10H2,1-3H3. The van der Waals surface area contributed by atoms with E-state index in [-0.39, 0.29) is 5.82 Å². The van der Waals surface area contributed by atoms with E-state index in [0.29, 0.717) is 12.1 Å². The fourth-order valence-corrected chi connectivity index (χ4v) is 2.85. The quantitative estimate of drug-likeness (QED) is 0.895. The van der Waals surface area contributed by atoms with Crippen LogP contribution in [0.2, 0.25) is 0 Å². The molecule has 1 aromatic rings. The van der Waals surface area contributed by atoms with Gasteiger partial charge in [0.15, 0.2) is 0 Å². The third kappa shape index (κ3) is 3.47. The van der Waals surface area contributed by atoms with Crippen LogP contribution in [0.1, 0.15) is 38.7 Å². The summed E-state index contributed by atoms with van der Waals surface area (Å²) >= 11 is 0. The van der Waals surface area contributed by atoms with Crippen molar-refractivity contribution in [3.63, 3.8) is 0 Å². The molecule has 3 heteroatoms. The molecule has 0 spiro atoms. The van der Waals surface area contributed by atoms with Crippen LogP contribution in [0.3, 0.4) is 0 Å². The predicted octanol–water partition coefficient (Wildman–Crippen LogP) is 3.49. The van der Waals surface area contributed by atoms with Crippen LogP contribution in [-0.2, 0) is 0 Å². The minimum atomic E-state index is -0.101. The first-order valence-electron chi connectivity index (χ1n) is 7.38. The van der Waals surface area contributed by atoms with Gasteiger partial charge in [0.2, 0.25) is 0 Å². The Hall–Kier alpha value is -1.09. The van der Waals surface area contributed by atoms with Gasteiger partial charge in [-0.15, -0.1) is 0 Å². The Morgan fingerprint density at radius 1 is 1.42 bits per heavy atom. The Labute approximate surface area is 116 Å². The van der Waals surface area contributed by atoms with Crippen molar-refractivity contribution in [2.45, 2.75) is 52.1 Å². The van der Waals surface area contributed by atoms with E-state index < -0.39 is 0 Å². The topological polar surface area (TPSA) is 15.3 Å². The summed E-state index contributed by atoms with van der Waals surface area (Å²) in [5, 5.41) is 3.59. The number of rotatable bonds is 4. The molecule has 1 aliphatic heterocycles. The molecule has 0 amide bonds. The van der Waals surface area contributed by atoms with E-state index in [9.17, 15) is 4.39 Å². The van der Waals surface area contributed by atoms with Crippen molar-refractivity contribution in [3.8, 4) is 0 Å². The highest BCUT2D eigenvalue weighted by atomic mass is 19.1. The second-order valence-corrected chi connectivity index (χ2v) is 5.65. The molecule has 1 heterocycles. The van der Waals surface area contributed by atoms with Gasteiger partial charge in [-0.25, -0.2) is 4.39 Å². The molecular weight excluding hydrogens is 239 g/mol. The van der Waals surface area contributed by atoms with E-state index >= 15 is 0 Å². The lowest BCUT2D eigenvalue weighted by Crippen LogP contribution is -2.47. The summed E-state index contributed by atoms with van der Waals surface area (Å²) in [5.41, 5.74) is 1.74. The molecule has 19 heavy (non-hydrogen) atoms. The van der Waals surface area contributed by atoms with Crippen molar-refractivity contribution in [2.24, 2.45) is 0 Å². The lowest BCUT2D eigenvalue weighted by atomic mass is 9.97.